The lowest BCUT2D eigenvalue weighted by Gasteiger charge is -2.15. The molecule has 1 unspecified atom stereocenters. The fraction of sp³-hybridized carbons (Fsp3) is 0.917. The van der Waals surface area contributed by atoms with Gasteiger partial charge in [-0.25, -0.2) is 0 Å². The lowest BCUT2D eigenvalue weighted by molar-refractivity contribution is -0.146. The maximum absolute atomic E-state index is 11.3. The molecule has 0 aromatic rings. The van der Waals surface area contributed by atoms with Crippen LogP contribution in [-0.4, -0.2) is 37.0 Å². The van der Waals surface area contributed by atoms with Crippen molar-refractivity contribution in [2.24, 2.45) is 0 Å². The number of hydrogen-bond donors (Lipinski definition) is 1. The minimum absolute atomic E-state index is 0.0391. The summed E-state index contributed by atoms with van der Waals surface area (Å²) in [7, 11) is 0. The summed E-state index contributed by atoms with van der Waals surface area (Å²) >= 11 is 0. The Morgan fingerprint density at radius 1 is 1.19 bits per heavy atom. The molecule has 0 radical (unpaired) electrons. The first-order valence-electron chi connectivity index (χ1n) is 6.12. The number of aliphatic hydroxyl groups excluding tert-OH is 1. The van der Waals surface area contributed by atoms with Crippen molar-refractivity contribution in [2.75, 3.05) is 19.8 Å². The molecule has 16 heavy (non-hydrogen) atoms. The Labute approximate surface area is 97.9 Å². The van der Waals surface area contributed by atoms with E-state index in [1.807, 2.05) is 6.92 Å². The maximum Gasteiger partial charge on any atom is 0.308 e. The van der Waals surface area contributed by atoms with Crippen LogP contribution in [0.2, 0.25) is 0 Å². The summed E-state index contributed by atoms with van der Waals surface area (Å²) in [5, 5.41) is 8.64. The van der Waals surface area contributed by atoms with Crippen molar-refractivity contribution in [1.29, 1.82) is 0 Å². The number of unbranched alkanes of at least 4 members (excludes halogenated alkanes) is 2. The van der Waals surface area contributed by atoms with Gasteiger partial charge in [-0.15, -0.1) is 0 Å². The largest absolute Gasteiger partial charge is 0.466 e. The quantitative estimate of drug-likeness (QED) is 0.461. The Kier molecular flexibility index (Phi) is 10.5. The van der Waals surface area contributed by atoms with Crippen LogP contribution in [0.25, 0.3) is 0 Å². The monoisotopic (exact) mass is 232 g/mol. The summed E-state index contributed by atoms with van der Waals surface area (Å²) in [5.41, 5.74) is 0. The first kappa shape index (κ1) is 15.4. The topological polar surface area (TPSA) is 55.8 Å². The van der Waals surface area contributed by atoms with E-state index in [9.17, 15) is 4.79 Å². The van der Waals surface area contributed by atoms with Crippen LogP contribution in [0.15, 0.2) is 0 Å². The summed E-state index contributed by atoms with van der Waals surface area (Å²) < 4.78 is 10.4. The molecule has 0 aliphatic rings. The van der Waals surface area contributed by atoms with Gasteiger partial charge in [0, 0.05) is 13.2 Å². The fourth-order valence-electron chi connectivity index (χ4n) is 1.55. The second-order valence-corrected chi connectivity index (χ2v) is 3.66. The van der Waals surface area contributed by atoms with Gasteiger partial charge < -0.3 is 14.6 Å². The smallest absolute Gasteiger partial charge is 0.308 e. The molecule has 0 aliphatic heterocycles. The van der Waals surface area contributed by atoms with Crippen LogP contribution in [-0.2, 0) is 14.3 Å². The number of ether oxygens (including phenoxy) is 2. The minimum atomic E-state index is -0.192. The van der Waals surface area contributed by atoms with E-state index < -0.39 is 0 Å². The maximum atomic E-state index is 11.3. The van der Waals surface area contributed by atoms with Crippen LogP contribution < -0.4 is 0 Å². The molecule has 1 atom stereocenters. The van der Waals surface area contributed by atoms with E-state index in [1.165, 1.54) is 0 Å². The molecule has 4 heteroatoms. The molecule has 96 valence electrons. The van der Waals surface area contributed by atoms with E-state index in [2.05, 4.69) is 0 Å². The Balaban J connectivity index is 3.73. The average molecular weight is 232 g/mol. The van der Waals surface area contributed by atoms with Gasteiger partial charge in [0.1, 0.15) is 0 Å². The molecule has 0 aromatic carbocycles. The summed E-state index contributed by atoms with van der Waals surface area (Å²) in [6, 6.07) is 0. The Hall–Kier alpha value is -0.610. The van der Waals surface area contributed by atoms with Gasteiger partial charge in [-0.3, -0.25) is 4.79 Å². The molecule has 0 bridgehead atoms. The average Bonchev–Trinajstić information content (AvgIpc) is 2.25. The summed E-state index contributed by atoms with van der Waals surface area (Å²) in [4.78, 5) is 11.3. The number of hydrogen-bond acceptors (Lipinski definition) is 4. The summed E-state index contributed by atoms with van der Waals surface area (Å²) in [6.45, 7) is 4.99. The number of aliphatic hydroxyl groups is 1. The van der Waals surface area contributed by atoms with Crippen molar-refractivity contribution in [3.8, 4) is 0 Å². The number of esters is 1. The molecular formula is C12H24O4. The van der Waals surface area contributed by atoms with E-state index in [-0.39, 0.29) is 18.7 Å². The normalized spacial score (nSPS) is 12.4. The van der Waals surface area contributed by atoms with Crippen molar-refractivity contribution < 1.29 is 19.4 Å². The highest BCUT2D eigenvalue weighted by atomic mass is 16.5. The van der Waals surface area contributed by atoms with Gasteiger partial charge in [-0.05, 0) is 26.7 Å². The number of rotatable bonds is 10. The minimum Gasteiger partial charge on any atom is -0.466 e. The zero-order valence-electron chi connectivity index (χ0n) is 10.4. The van der Waals surface area contributed by atoms with E-state index in [0.29, 0.717) is 19.6 Å². The first-order chi connectivity index (χ1) is 7.74. The highest BCUT2D eigenvalue weighted by molar-refractivity contribution is 5.69. The van der Waals surface area contributed by atoms with Gasteiger partial charge in [0.05, 0.1) is 19.1 Å². The Morgan fingerprint density at radius 2 is 1.94 bits per heavy atom. The first-order valence-corrected chi connectivity index (χ1v) is 6.12. The SMILES string of the molecule is CCOC(=O)CC(CCCCCO)OCC. The molecule has 4 nitrogen and oxygen atoms in total. The Bertz CT molecular complexity index is 170. The van der Waals surface area contributed by atoms with Gasteiger partial charge in [-0.1, -0.05) is 12.8 Å². The van der Waals surface area contributed by atoms with Crippen LogP contribution in [0, 0.1) is 0 Å². The van der Waals surface area contributed by atoms with Gasteiger partial charge in [0.2, 0.25) is 0 Å². The molecule has 1 N–H and O–H groups in total. The summed E-state index contributed by atoms with van der Waals surface area (Å²) in [5.74, 6) is -0.192. The van der Waals surface area contributed by atoms with Crippen molar-refractivity contribution in [3.63, 3.8) is 0 Å². The van der Waals surface area contributed by atoms with E-state index in [0.717, 1.165) is 25.7 Å². The molecule has 0 heterocycles. The summed E-state index contributed by atoms with van der Waals surface area (Å²) in [6.07, 6.45) is 3.92. The molecule has 0 amide bonds. The fourth-order valence-corrected chi connectivity index (χ4v) is 1.55. The van der Waals surface area contributed by atoms with Crippen molar-refractivity contribution in [3.05, 3.63) is 0 Å². The highest BCUT2D eigenvalue weighted by Crippen LogP contribution is 2.11. The molecule has 0 saturated heterocycles. The van der Waals surface area contributed by atoms with Crippen LogP contribution in [0.1, 0.15) is 46.0 Å². The zero-order valence-corrected chi connectivity index (χ0v) is 10.4. The van der Waals surface area contributed by atoms with Crippen LogP contribution in [0.5, 0.6) is 0 Å². The highest BCUT2D eigenvalue weighted by Gasteiger charge is 2.14. The van der Waals surface area contributed by atoms with Crippen molar-refractivity contribution in [2.45, 2.75) is 52.1 Å². The van der Waals surface area contributed by atoms with E-state index in [1.54, 1.807) is 6.92 Å². The predicted molar refractivity (Wildman–Crippen MR) is 62.2 cm³/mol. The third kappa shape index (κ3) is 8.68. The molecule has 0 fully saturated rings. The second kappa shape index (κ2) is 10.9. The van der Waals surface area contributed by atoms with Gasteiger partial charge in [0.15, 0.2) is 0 Å². The molecule has 0 aliphatic carbocycles. The second-order valence-electron chi connectivity index (χ2n) is 3.66. The number of carbonyl (C=O) groups excluding carboxylic acids is 1. The predicted octanol–water partition coefficient (Wildman–Crippen LogP) is 1.90. The molecule has 0 rings (SSSR count). The van der Waals surface area contributed by atoms with Gasteiger partial charge in [0.25, 0.3) is 0 Å². The van der Waals surface area contributed by atoms with E-state index >= 15 is 0 Å². The standard InChI is InChI=1S/C12H24O4/c1-3-15-11(8-6-5-7-9-13)10-12(14)16-4-2/h11,13H,3-10H2,1-2H3. The lowest BCUT2D eigenvalue weighted by Crippen LogP contribution is -2.19. The zero-order chi connectivity index (χ0) is 12.2. The third-order valence-electron chi connectivity index (χ3n) is 2.29. The molecular weight excluding hydrogens is 208 g/mol. The molecule has 0 saturated carbocycles. The number of carbonyl (C=O) groups is 1. The van der Waals surface area contributed by atoms with Gasteiger partial charge >= 0.3 is 5.97 Å². The molecule has 0 aromatic heterocycles. The van der Waals surface area contributed by atoms with Crippen LogP contribution in [0.4, 0.5) is 0 Å². The van der Waals surface area contributed by atoms with E-state index in [4.69, 9.17) is 14.6 Å². The van der Waals surface area contributed by atoms with Crippen LogP contribution >= 0.6 is 0 Å². The third-order valence-corrected chi connectivity index (χ3v) is 2.29. The van der Waals surface area contributed by atoms with Crippen molar-refractivity contribution in [1.82, 2.24) is 0 Å². The molecule has 0 spiro atoms. The Morgan fingerprint density at radius 3 is 2.50 bits per heavy atom. The lowest BCUT2D eigenvalue weighted by atomic mass is 10.1. The van der Waals surface area contributed by atoms with Gasteiger partial charge in [-0.2, -0.15) is 0 Å². The van der Waals surface area contributed by atoms with Crippen LogP contribution in [0.3, 0.4) is 0 Å². The van der Waals surface area contributed by atoms with Crippen molar-refractivity contribution >= 4 is 5.97 Å².